The predicted molar refractivity (Wildman–Crippen MR) is 103 cm³/mol. The van der Waals surface area contributed by atoms with Gasteiger partial charge in [0, 0.05) is 23.9 Å². The maximum absolute atomic E-state index is 13.0. The molecule has 2 aliphatic rings. The lowest BCUT2D eigenvalue weighted by molar-refractivity contribution is -0.0379. The molecule has 7 nitrogen and oxygen atoms in total. The van der Waals surface area contributed by atoms with E-state index in [4.69, 9.17) is 4.74 Å². The lowest BCUT2D eigenvalue weighted by atomic mass is 9.94. The monoisotopic (exact) mass is 385 g/mol. The van der Waals surface area contributed by atoms with Gasteiger partial charge in [0.25, 0.3) is 5.91 Å². The van der Waals surface area contributed by atoms with E-state index in [2.05, 4.69) is 35.8 Å². The molecule has 0 bridgehead atoms. The van der Waals surface area contributed by atoms with Crippen molar-refractivity contribution in [3.05, 3.63) is 22.6 Å². The van der Waals surface area contributed by atoms with Gasteiger partial charge in [-0.05, 0) is 45.6 Å². The van der Waals surface area contributed by atoms with Gasteiger partial charge in [0.2, 0.25) is 5.82 Å². The first-order chi connectivity index (χ1) is 12.9. The summed E-state index contributed by atoms with van der Waals surface area (Å²) in [5.74, 6) is 0.191. The van der Waals surface area contributed by atoms with E-state index in [1.54, 1.807) is 22.2 Å². The van der Waals surface area contributed by atoms with Crippen LogP contribution in [0.3, 0.4) is 0 Å². The fourth-order valence-electron chi connectivity index (χ4n) is 4.16. The molecule has 0 unspecified atom stereocenters. The number of carbonyl (C=O) groups is 1. The second-order valence-electron chi connectivity index (χ2n) is 8.20. The van der Waals surface area contributed by atoms with Crippen molar-refractivity contribution in [2.75, 3.05) is 6.54 Å². The van der Waals surface area contributed by atoms with E-state index in [1.807, 2.05) is 4.90 Å². The van der Waals surface area contributed by atoms with Crippen LogP contribution in [-0.4, -0.2) is 48.6 Å². The van der Waals surface area contributed by atoms with E-state index in [0.29, 0.717) is 6.61 Å². The summed E-state index contributed by atoms with van der Waals surface area (Å²) in [6.07, 6.45) is 5.73. The number of aromatic nitrogens is 4. The van der Waals surface area contributed by atoms with Crippen LogP contribution in [-0.2, 0) is 17.8 Å². The lowest BCUT2D eigenvalue weighted by Crippen LogP contribution is -2.42. The van der Waals surface area contributed by atoms with Gasteiger partial charge in [-0.3, -0.25) is 4.79 Å². The second-order valence-corrected chi connectivity index (χ2v) is 9.28. The highest BCUT2D eigenvalue weighted by Gasteiger charge is 2.32. The highest BCUT2D eigenvalue weighted by Crippen LogP contribution is 2.39. The Balaban J connectivity index is 1.62. The molecule has 5 heterocycles. The molecule has 0 aliphatic carbocycles. The normalized spacial score (nSPS) is 22.3. The van der Waals surface area contributed by atoms with E-state index >= 15 is 0 Å². The summed E-state index contributed by atoms with van der Waals surface area (Å²) in [6.45, 7) is 7.68. The molecule has 8 heteroatoms. The summed E-state index contributed by atoms with van der Waals surface area (Å²) in [4.78, 5) is 26.3. The van der Waals surface area contributed by atoms with Crippen molar-refractivity contribution in [2.45, 2.75) is 64.7 Å². The molecule has 5 rings (SSSR count). The Morgan fingerprint density at radius 2 is 2.22 bits per heavy atom. The van der Waals surface area contributed by atoms with Crippen molar-refractivity contribution in [2.24, 2.45) is 0 Å². The topological polar surface area (TPSA) is 72.6 Å². The van der Waals surface area contributed by atoms with Gasteiger partial charge in [-0.1, -0.05) is 0 Å². The van der Waals surface area contributed by atoms with Crippen LogP contribution in [0.5, 0.6) is 0 Å². The minimum atomic E-state index is -0.213. The van der Waals surface area contributed by atoms with Crippen LogP contribution in [0.1, 0.15) is 61.1 Å². The van der Waals surface area contributed by atoms with Gasteiger partial charge in [-0.2, -0.15) is 0 Å². The van der Waals surface area contributed by atoms with Crippen molar-refractivity contribution < 1.29 is 9.53 Å². The van der Waals surface area contributed by atoms with Crippen molar-refractivity contribution >= 4 is 33.1 Å². The molecule has 1 saturated heterocycles. The summed E-state index contributed by atoms with van der Waals surface area (Å²) >= 11 is 1.65. The maximum atomic E-state index is 13.0. The molecule has 2 aliphatic heterocycles. The lowest BCUT2D eigenvalue weighted by Gasteiger charge is -2.32. The number of amides is 1. The fourth-order valence-corrected chi connectivity index (χ4v) is 5.23. The van der Waals surface area contributed by atoms with Gasteiger partial charge >= 0.3 is 0 Å². The van der Waals surface area contributed by atoms with E-state index in [0.717, 1.165) is 41.7 Å². The Bertz CT molecular complexity index is 1050. The number of hydrogen-bond donors (Lipinski definition) is 0. The molecule has 1 fully saturated rings. The van der Waals surface area contributed by atoms with Gasteiger partial charge in [0.1, 0.15) is 11.2 Å². The molecule has 27 heavy (non-hydrogen) atoms. The number of hydrogen-bond acceptors (Lipinski definition) is 6. The largest absolute Gasteiger partial charge is 0.370 e. The quantitative estimate of drug-likeness (QED) is 0.643. The molecular formula is C19H23N5O2S. The highest BCUT2D eigenvalue weighted by molar-refractivity contribution is 7.19. The Morgan fingerprint density at radius 3 is 3.04 bits per heavy atom. The molecule has 3 aromatic rings. The van der Waals surface area contributed by atoms with Crippen molar-refractivity contribution in [3.63, 3.8) is 0 Å². The highest BCUT2D eigenvalue weighted by atomic mass is 32.1. The number of likely N-dealkylation sites (tertiary alicyclic amines) is 1. The molecule has 3 aromatic heterocycles. The smallest absolute Gasteiger partial charge is 0.293 e. The van der Waals surface area contributed by atoms with Gasteiger partial charge < -0.3 is 9.64 Å². The summed E-state index contributed by atoms with van der Waals surface area (Å²) in [5, 5.41) is 5.48. The van der Waals surface area contributed by atoms with Crippen LogP contribution < -0.4 is 0 Å². The van der Waals surface area contributed by atoms with Crippen LogP contribution >= 0.6 is 11.3 Å². The van der Waals surface area contributed by atoms with Crippen LogP contribution in [0, 0.1) is 0 Å². The number of nitrogens with zero attached hydrogens (tertiary/aromatic N) is 5. The summed E-state index contributed by atoms with van der Waals surface area (Å²) < 4.78 is 7.60. The molecule has 1 atom stereocenters. The fraction of sp³-hybridized carbons (Fsp3) is 0.579. The SMILES string of the molecule is C[C@H]1CCCCN1C(=O)c1nc2c3c4c(sc3ncn2n1)COC(C)(C)C4. The van der Waals surface area contributed by atoms with Gasteiger partial charge in [0.15, 0.2) is 5.65 Å². The first-order valence-electron chi connectivity index (χ1n) is 9.53. The van der Waals surface area contributed by atoms with Crippen LogP contribution in [0.25, 0.3) is 15.9 Å². The molecule has 1 amide bonds. The standard InChI is InChI=1S/C19H23N5O2S/c1-11-6-4-5-7-23(11)18(25)15-21-16-14-12-8-19(2,3)26-9-13(12)27-17(14)20-10-24(16)22-15/h10-11H,4-9H2,1-3H3/t11-/m0/s1. The average Bonchev–Trinajstić information content (AvgIpc) is 3.21. The number of rotatable bonds is 1. The second kappa shape index (κ2) is 5.97. The van der Waals surface area contributed by atoms with Gasteiger partial charge in [-0.15, -0.1) is 16.4 Å². The summed E-state index contributed by atoms with van der Waals surface area (Å²) in [6, 6.07) is 0.239. The third-order valence-corrected chi connectivity index (χ3v) is 6.78. The molecule has 0 saturated carbocycles. The number of thiophene rings is 1. The third kappa shape index (κ3) is 2.73. The molecular weight excluding hydrogens is 362 g/mol. The summed E-state index contributed by atoms with van der Waals surface area (Å²) in [7, 11) is 0. The molecule has 0 N–H and O–H groups in total. The molecule has 142 valence electrons. The van der Waals surface area contributed by atoms with Gasteiger partial charge in [0.05, 0.1) is 17.6 Å². The Hall–Kier alpha value is -2.06. The molecule has 0 spiro atoms. The molecule has 0 aromatic carbocycles. The Labute approximate surface area is 161 Å². The summed E-state index contributed by atoms with van der Waals surface area (Å²) in [5.41, 5.74) is 1.75. The number of piperidine rings is 1. The van der Waals surface area contributed by atoms with E-state index in [9.17, 15) is 4.79 Å². The van der Waals surface area contributed by atoms with Crippen molar-refractivity contribution in [3.8, 4) is 0 Å². The van der Waals surface area contributed by atoms with Crippen LogP contribution in [0.15, 0.2) is 6.33 Å². The van der Waals surface area contributed by atoms with Crippen LogP contribution in [0.2, 0.25) is 0 Å². The van der Waals surface area contributed by atoms with E-state index in [1.165, 1.54) is 16.9 Å². The predicted octanol–water partition coefficient (Wildman–Crippen LogP) is 3.20. The zero-order chi connectivity index (χ0) is 18.8. The average molecular weight is 385 g/mol. The minimum Gasteiger partial charge on any atom is -0.370 e. The zero-order valence-electron chi connectivity index (χ0n) is 15.9. The first-order valence-corrected chi connectivity index (χ1v) is 10.4. The zero-order valence-corrected chi connectivity index (χ0v) is 16.7. The Morgan fingerprint density at radius 1 is 1.37 bits per heavy atom. The van der Waals surface area contributed by atoms with Crippen LogP contribution in [0.4, 0.5) is 0 Å². The van der Waals surface area contributed by atoms with Gasteiger partial charge in [-0.25, -0.2) is 14.5 Å². The third-order valence-electron chi connectivity index (χ3n) is 5.66. The van der Waals surface area contributed by atoms with E-state index in [-0.39, 0.29) is 23.4 Å². The van der Waals surface area contributed by atoms with E-state index < -0.39 is 0 Å². The first kappa shape index (κ1) is 17.1. The number of carbonyl (C=O) groups excluding carboxylic acids is 1. The van der Waals surface area contributed by atoms with Crippen molar-refractivity contribution in [1.29, 1.82) is 0 Å². The minimum absolute atomic E-state index is 0.0770. The maximum Gasteiger partial charge on any atom is 0.293 e. The molecule has 0 radical (unpaired) electrons. The Kier molecular flexibility index (Phi) is 3.77. The van der Waals surface area contributed by atoms with Crippen molar-refractivity contribution in [1.82, 2.24) is 24.5 Å². The number of ether oxygens (including phenoxy) is 1. The number of fused-ring (bicyclic) bond motifs is 5.